The molecule has 3 nitrogen and oxygen atoms in total. The number of hydrogen-bond donors (Lipinski definition) is 1. The summed E-state index contributed by atoms with van der Waals surface area (Å²) in [5.41, 5.74) is 1.34. The van der Waals surface area contributed by atoms with E-state index in [0.29, 0.717) is 12.1 Å². The lowest BCUT2D eigenvalue weighted by molar-refractivity contribution is 0.270. The van der Waals surface area contributed by atoms with Crippen LogP contribution in [0.2, 0.25) is 0 Å². The van der Waals surface area contributed by atoms with E-state index in [4.69, 9.17) is 0 Å². The number of benzene rings is 1. The average molecular weight is 270 g/mol. The number of hydrogen-bond acceptors (Lipinski definition) is 3. The van der Waals surface area contributed by atoms with E-state index in [9.17, 15) is 14.8 Å². The molecule has 0 aliphatic heterocycles. The van der Waals surface area contributed by atoms with Crippen molar-refractivity contribution in [2.75, 3.05) is 6.61 Å². The molecule has 20 heavy (non-hydrogen) atoms. The monoisotopic (exact) mass is 270 g/mol. The molecule has 0 bridgehead atoms. The molecule has 1 heterocycles. The Bertz CT molecular complexity index is 595. The molecular weight excluding hydrogens is 255 g/mol. The van der Waals surface area contributed by atoms with Gasteiger partial charge in [-0.15, -0.1) is 0 Å². The molecule has 1 aromatic carbocycles. The van der Waals surface area contributed by atoms with Gasteiger partial charge < -0.3 is 5.11 Å². The number of aliphatic hydroxyl groups excluding tert-OH is 1. The summed E-state index contributed by atoms with van der Waals surface area (Å²) in [6.45, 7) is -0.0755. The molecule has 0 amide bonds. The van der Waals surface area contributed by atoms with E-state index in [-0.39, 0.29) is 18.3 Å². The van der Waals surface area contributed by atoms with E-state index in [1.165, 1.54) is 18.3 Å². The smallest absolute Gasteiger partial charge is 0.126 e. The summed E-state index contributed by atoms with van der Waals surface area (Å²) in [7, 11) is 0. The van der Waals surface area contributed by atoms with Crippen molar-refractivity contribution in [1.82, 2.24) is 4.98 Å². The fraction of sp³-hybridized carbons (Fsp3) is 0.250. The van der Waals surface area contributed by atoms with Crippen molar-refractivity contribution in [3.05, 3.63) is 65.7 Å². The highest BCUT2D eigenvalue weighted by Crippen LogP contribution is 2.34. The van der Waals surface area contributed by atoms with Gasteiger partial charge in [0.1, 0.15) is 5.82 Å². The third kappa shape index (κ3) is 3.19. The number of aliphatic hydroxyl groups is 1. The first-order chi connectivity index (χ1) is 9.76. The minimum atomic E-state index is -0.461. The van der Waals surface area contributed by atoms with Crippen LogP contribution in [0, 0.1) is 17.1 Å². The van der Waals surface area contributed by atoms with Crippen LogP contribution in [0.25, 0.3) is 0 Å². The Morgan fingerprint density at radius 2 is 2.00 bits per heavy atom. The van der Waals surface area contributed by atoms with Gasteiger partial charge >= 0.3 is 0 Å². The van der Waals surface area contributed by atoms with E-state index in [1.54, 1.807) is 0 Å². The van der Waals surface area contributed by atoms with Crippen LogP contribution in [-0.2, 0) is 0 Å². The first-order valence-corrected chi connectivity index (χ1v) is 6.43. The molecule has 2 atom stereocenters. The number of nitriles is 1. The van der Waals surface area contributed by atoms with Gasteiger partial charge in [0.25, 0.3) is 0 Å². The SMILES string of the molecule is N#C[C@@H](c1ccccc1)[C@H](CCO)c1cc(F)ccn1. The maximum atomic E-state index is 13.4. The second-order valence-electron chi connectivity index (χ2n) is 4.54. The van der Waals surface area contributed by atoms with Gasteiger partial charge in [-0.1, -0.05) is 30.3 Å². The number of halogens is 1. The van der Waals surface area contributed by atoms with Crippen molar-refractivity contribution in [3.8, 4) is 6.07 Å². The highest BCUT2D eigenvalue weighted by atomic mass is 19.1. The molecule has 0 radical (unpaired) electrons. The fourth-order valence-corrected chi connectivity index (χ4v) is 2.31. The molecule has 0 unspecified atom stereocenters. The summed E-state index contributed by atoms with van der Waals surface area (Å²) < 4.78 is 13.4. The Labute approximate surface area is 117 Å². The van der Waals surface area contributed by atoms with Crippen molar-refractivity contribution in [1.29, 1.82) is 5.26 Å². The predicted octanol–water partition coefficient (Wildman–Crippen LogP) is 2.99. The molecule has 2 aromatic rings. The maximum absolute atomic E-state index is 13.4. The van der Waals surface area contributed by atoms with Gasteiger partial charge in [-0.3, -0.25) is 4.98 Å². The van der Waals surface area contributed by atoms with Gasteiger partial charge in [0.15, 0.2) is 0 Å². The zero-order chi connectivity index (χ0) is 14.4. The lowest BCUT2D eigenvalue weighted by Gasteiger charge is -2.21. The summed E-state index contributed by atoms with van der Waals surface area (Å²) in [4.78, 5) is 4.15. The van der Waals surface area contributed by atoms with Gasteiger partial charge in [0.05, 0.1) is 12.0 Å². The minimum absolute atomic E-state index is 0.0755. The number of nitrogens with zero attached hydrogens (tertiary/aromatic N) is 2. The molecular formula is C16H15FN2O. The normalized spacial score (nSPS) is 13.4. The van der Waals surface area contributed by atoms with Crippen molar-refractivity contribution < 1.29 is 9.50 Å². The Hall–Kier alpha value is -2.25. The van der Waals surface area contributed by atoms with Crippen molar-refractivity contribution in [2.24, 2.45) is 0 Å². The molecule has 4 heteroatoms. The van der Waals surface area contributed by atoms with Crippen LogP contribution < -0.4 is 0 Å². The number of rotatable bonds is 5. The average Bonchev–Trinajstić information content (AvgIpc) is 2.48. The van der Waals surface area contributed by atoms with Crippen LogP contribution in [0.4, 0.5) is 4.39 Å². The quantitative estimate of drug-likeness (QED) is 0.908. The third-order valence-electron chi connectivity index (χ3n) is 3.26. The molecule has 0 saturated heterocycles. The Balaban J connectivity index is 2.39. The first-order valence-electron chi connectivity index (χ1n) is 6.43. The van der Waals surface area contributed by atoms with E-state index in [1.807, 2.05) is 30.3 Å². The highest BCUT2D eigenvalue weighted by Gasteiger charge is 2.25. The van der Waals surface area contributed by atoms with Crippen LogP contribution in [0.5, 0.6) is 0 Å². The molecule has 0 aliphatic rings. The molecule has 1 N–H and O–H groups in total. The maximum Gasteiger partial charge on any atom is 0.126 e. The highest BCUT2D eigenvalue weighted by molar-refractivity contribution is 5.30. The van der Waals surface area contributed by atoms with Crippen molar-refractivity contribution >= 4 is 0 Å². The van der Waals surface area contributed by atoms with Crippen LogP contribution in [0.3, 0.4) is 0 Å². The van der Waals surface area contributed by atoms with Crippen LogP contribution in [-0.4, -0.2) is 16.7 Å². The largest absolute Gasteiger partial charge is 0.396 e. The Morgan fingerprint density at radius 3 is 2.60 bits per heavy atom. The zero-order valence-electron chi connectivity index (χ0n) is 10.9. The second kappa shape index (κ2) is 6.78. The molecule has 2 rings (SSSR count). The van der Waals surface area contributed by atoms with Crippen LogP contribution >= 0.6 is 0 Å². The summed E-state index contributed by atoms with van der Waals surface area (Å²) in [5, 5.41) is 18.7. The fourth-order valence-electron chi connectivity index (χ4n) is 2.31. The van der Waals surface area contributed by atoms with Crippen LogP contribution in [0.1, 0.15) is 29.5 Å². The summed E-state index contributed by atoms with van der Waals surface area (Å²) in [6.07, 6.45) is 1.75. The summed E-state index contributed by atoms with van der Waals surface area (Å²) in [6, 6.07) is 14.1. The van der Waals surface area contributed by atoms with Crippen LogP contribution in [0.15, 0.2) is 48.7 Å². The zero-order valence-corrected chi connectivity index (χ0v) is 10.9. The molecule has 102 valence electrons. The van der Waals surface area contributed by atoms with Gasteiger partial charge in [0, 0.05) is 24.4 Å². The van der Waals surface area contributed by atoms with Gasteiger partial charge in [0.2, 0.25) is 0 Å². The lowest BCUT2D eigenvalue weighted by atomic mass is 9.82. The van der Waals surface area contributed by atoms with E-state index >= 15 is 0 Å². The lowest BCUT2D eigenvalue weighted by Crippen LogP contribution is -2.13. The summed E-state index contributed by atoms with van der Waals surface area (Å²) in [5.74, 6) is -1.18. The first kappa shape index (κ1) is 14.2. The molecule has 0 spiro atoms. The molecule has 0 saturated carbocycles. The topological polar surface area (TPSA) is 56.9 Å². The van der Waals surface area contributed by atoms with E-state index in [2.05, 4.69) is 11.1 Å². The van der Waals surface area contributed by atoms with Gasteiger partial charge in [-0.25, -0.2) is 4.39 Å². The Morgan fingerprint density at radius 1 is 1.25 bits per heavy atom. The predicted molar refractivity (Wildman–Crippen MR) is 73.4 cm³/mol. The van der Waals surface area contributed by atoms with Gasteiger partial charge in [-0.2, -0.15) is 5.26 Å². The standard InChI is InChI=1S/C16H15FN2O/c17-13-6-8-19-16(10-13)14(7-9-20)15(11-18)12-4-2-1-3-5-12/h1-6,8,10,14-15,20H,7,9H2/t14-,15-/m0/s1. The van der Waals surface area contributed by atoms with E-state index < -0.39 is 5.92 Å². The molecule has 0 fully saturated rings. The third-order valence-corrected chi connectivity index (χ3v) is 3.26. The Kier molecular flexibility index (Phi) is 4.80. The molecule has 1 aromatic heterocycles. The van der Waals surface area contributed by atoms with Gasteiger partial charge in [-0.05, 0) is 24.1 Å². The molecule has 0 aliphatic carbocycles. The van der Waals surface area contributed by atoms with Crippen molar-refractivity contribution in [3.63, 3.8) is 0 Å². The second-order valence-corrected chi connectivity index (χ2v) is 4.54. The minimum Gasteiger partial charge on any atom is -0.396 e. The number of aromatic nitrogens is 1. The van der Waals surface area contributed by atoms with E-state index in [0.717, 1.165) is 5.56 Å². The summed E-state index contributed by atoms with van der Waals surface area (Å²) >= 11 is 0. The number of pyridine rings is 1. The van der Waals surface area contributed by atoms with Crippen molar-refractivity contribution in [2.45, 2.75) is 18.3 Å².